The molecule has 2 aromatic carbocycles. The summed E-state index contributed by atoms with van der Waals surface area (Å²) in [5.74, 6) is 1.15. The molecule has 1 N–H and O–H groups in total. The van der Waals surface area contributed by atoms with Gasteiger partial charge in [0.2, 0.25) is 0 Å². The van der Waals surface area contributed by atoms with E-state index in [1.165, 1.54) is 37.7 Å². The summed E-state index contributed by atoms with van der Waals surface area (Å²) in [6, 6.07) is 18.4. The molecular weight excluding hydrogens is 320 g/mol. The number of aryl methyl sites for hydroxylation is 1. The van der Waals surface area contributed by atoms with Crippen molar-refractivity contribution >= 4 is 16.6 Å². The highest BCUT2D eigenvalue weighted by Gasteiger charge is 2.21. The molecule has 0 radical (unpaired) electrons. The molecule has 0 atom stereocenters. The van der Waals surface area contributed by atoms with Crippen molar-refractivity contribution in [1.29, 1.82) is 0 Å². The van der Waals surface area contributed by atoms with E-state index in [1.54, 1.807) is 6.07 Å². The maximum Gasteiger partial charge on any atom is 0.127 e. The lowest BCUT2D eigenvalue weighted by atomic mass is 9.90. The monoisotopic (exact) mass is 346 g/mol. The number of phenolic OH excluding ortho intramolecular Hbond substituents is 1. The fraction of sp³-hybridized carbons (Fsp3) is 0.348. The number of anilines is 1. The number of aromatic hydroxyl groups is 1. The third-order valence-electron chi connectivity index (χ3n) is 5.60. The van der Waals surface area contributed by atoms with Crippen molar-refractivity contribution in [3.63, 3.8) is 0 Å². The number of hydrogen-bond acceptors (Lipinski definition) is 3. The topological polar surface area (TPSA) is 36.4 Å². The van der Waals surface area contributed by atoms with Crippen LogP contribution in [0.15, 0.2) is 60.8 Å². The van der Waals surface area contributed by atoms with Crippen LogP contribution in [0.1, 0.15) is 31.2 Å². The van der Waals surface area contributed by atoms with Crippen LogP contribution >= 0.6 is 0 Å². The fourth-order valence-corrected chi connectivity index (χ4v) is 4.14. The van der Waals surface area contributed by atoms with Crippen LogP contribution in [0.2, 0.25) is 0 Å². The highest BCUT2D eigenvalue weighted by Crippen LogP contribution is 2.35. The van der Waals surface area contributed by atoms with Crippen molar-refractivity contribution in [1.82, 2.24) is 4.98 Å². The van der Waals surface area contributed by atoms with Crippen LogP contribution < -0.4 is 4.90 Å². The Morgan fingerprint density at radius 3 is 2.58 bits per heavy atom. The van der Waals surface area contributed by atoms with Gasteiger partial charge in [-0.15, -0.1) is 0 Å². The molecule has 3 nitrogen and oxygen atoms in total. The Hall–Kier alpha value is -2.55. The quantitative estimate of drug-likeness (QED) is 0.691. The smallest absolute Gasteiger partial charge is 0.127 e. The molecule has 0 bridgehead atoms. The van der Waals surface area contributed by atoms with Crippen molar-refractivity contribution in [3.8, 4) is 5.75 Å². The summed E-state index contributed by atoms with van der Waals surface area (Å²) in [4.78, 5) is 6.81. The van der Waals surface area contributed by atoms with Crippen LogP contribution in [0, 0.1) is 5.92 Å². The molecule has 1 aromatic heterocycles. The summed E-state index contributed by atoms with van der Waals surface area (Å²) in [7, 11) is 0. The Morgan fingerprint density at radius 2 is 1.77 bits per heavy atom. The average molecular weight is 346 g/mol. The lowest BCUT2D eigenvalue weighted by molar-refractivity contribution is 0.373. The third-order valence-corrected chi connectivity index (χ3v) is 5.60. The van der Waals surface area contributed by atoms with E-state index in [2.05, 4.69) is 40.2 Å². The Morgan fingerprint density at radius 1 is 0.962 bits per heavy atom. The van der Waals surface area contributed by atoms with Crippen LogP contribution in [-0.4, -0.2) is 23.2 Å². The largest absolute Gasteiger partial charge is 0.507 e. The van der Waals surface area contributed by atoms with Crippen LogP contribution in [0.5, 0.6) is 5.75 Å². The number of nitrogens with zero attached hydrogens (tertiary/aromatic N) is 2. The molecule has 1 saturated heterocycles. The summed E-state index contributed by atoms with van der Waals surface area (Å²) < 4.78 is 0. The lowest BCUT2D eigenvalue weighted by Gasteiger charge is -2.34. The van der Waals surface area contributed by atoms with E-state index in [9.17, 15) is 5.11 Å². The molecule has 3 heteroatoms. The van der Waals surface area contributed by atoms with E-state index < -0.39 is 0 Å². The van der Waals surface area contributed by atoms with Gasteiger partial charge in [0.15, 0.2) is 0 Å². The van der Waals surface area contributed by atoms with Gasteiger partial charge in [-0.1, -0.05) is 36.4 Å². The van der Waals surface area contributed by atoms with Crippen LogP contribution in [0.3, 0.4) is 0 Å². The van der Waals surface area contributed by atoms with E-state index in [0.29, 0.717) is 5.75 Å². The Kier molecular flexibility index (Phi) is 5.05. The highest BCUT2D eigenvalue weighted by molar-refractivity contribution is 5.96. The van der Waals surface area contributed by atoms with Crippen molar-refractivity contribution < 1.29 is 5.11 Å². The van der Waals surface area contributed by atoms with Gasteiger partial charge < -0.3 is 10.0 Å². The highest BCUT2D eigenvalue weighted by atomic mass is 16.3. The molecule has 0 unspecified atom stereocenters. The van der Waals surface area contributed by atoms with Gasteiger partial charge in [0.25, 0.3) is 0 Å². The van der Waals surface area contributed by atoms with Gasteiger partial charge in [-0.05, 0) is 61.8 Å². The standard InChI is InChI=1S/C23H26N2O/c26-22-11-5-10-20-23(22)21(12-15-24-20)25-16-13-19(14-17-25)9-4-8-18-6-2-1-3-7-18/h1-3,5-7,10-12,15,19,26H,4,8-9,13-14,16-17H2. The fourth-order valence-electron chi connectivity index (χ4n) is 4.14. The molecule has 26 heavy (non-hydrogen) atoms. The normalized spacial score (nSPS) is 15.5. The minimum absolute atomic E-state index is 0.329. The summed E-state index contributed by atoms with van der Waals surface area (Å²) in [6.07, 6.45) is 8.07. The van der Waals surface area contributed by atoms with Crippen molar-refractivity contribution in [2.45, 2.75) is 32.1 Å². The molecule has 1 aliphatic heterocycles. The first-order chi connectivity index (χ1) is 12.8. The van der Waals surface area contributed by atoms with Crippen LogP contribution in [-0.2, 0) is 6.42 Å². The van der Waals surface area contributed by atoms with Crippen LogP contribution in [0.4, 0.5) is 5.69 Å². The molecule has 4 rings (SSSR count). The zero-order valence-electron chi connectivity index (χ0n) is 15.1. The third kappa shape index (κ3) is 3.67. The molecule has 1 aliphatic rings. The maximum absolute atomic E-state index is 10.3. The number of hydrogen-bond donors (Lipinski definition) is 1. The van der Waals surface area contributed by atoms with Gasteiger partial charge in [-0.3, -0.25) is 4.98 Å². The number of aromatic nitrogens is 1. The Labute approximate surface area is 155 Å². The van der Waals surface area contributed by atoms with Gasteiger partial charge in [0, 0.05) is 19.3 Å². The summed E-state index contributed by atoms with van der Waals surface area (Å²) in [5.41, 5.74) is 3.44. The van der Waals surface area contributed by atoms with Gasteiger partial charge in [0.1, 0.15) is 5.75 Å². The second-order valence-corrected chi connectivity index (χ2v) is 7.31. The average Bonchev–Trinajstić information content (AvgIpc) is 2.69. The first-order valence-electron chi connectivity index (χ1n) is 9.67. The lowest BCUT2D eigenvalue weighted by Crippen LogP contribution is -2.33. The predicted octanol–water partition coefficient (Wildman–Crippen LogP) is 5.18. The summed E-state index contributed by atoms with van der Waals surface area (Å²) in [5, 5.41) is 11.2. The van der Waals surface area contributed by atoms with Crippen LogP contribution in [0.25, 0.3) is 10.9 Å². The molecule has 0 saturated carbocycles. The van der Waals surface area contributed by atoms with E-state index in [1.807, 2.05) is 24.4 Å². The first-order valence-corrected chi connectivity index (χ1v) is 9.67. The SMILES string of the molecule is Oc1cccc2nccc(N3CCC(CCCc4ccccc4)CC3)c12. The van der Waals surface area contributed by atoms with Gasteiger partial charge in [0.05, 0.1) is 16.6 Å². The Balaban J connectivity index is 1.35. The molecular formula is C23H26N2O. The van der Waals surface area contributed by atoms with E-state index in [0.717, 1.165) is 35.6 Å². The zero-order valence-corrected chi connectivity index (χ0v) is 15.1. The molecule has 134 valence electrons. The summed E-state index contributed by atoms with van der Waals surface area (Å²) in [6.45, 7) is 2.12. The zero-order chi connectivity index (χ0) is 17.8. The van der Waals surface area contributed by atoms with Gasteiger partial charge in [-0.25, -0.2) is 0 Å². The first kappa shape index (κ1) is 16.9. The number of pyridine rings is 1. The number of rotatable bonds is 5. The van der Waals surface area contributed by atoms with Crippen molar-refractivity contribution in [2.24, 2.45) is 5.92 Å². The van der Waals surface area contributed by atoms with E-state index in [-0.39, 0.29) is 0 Å². The number of phenols is 1. The maximum atomic E-state index is 10.3. The number of fused-ring (bicyclic) bond motifs is 1. The molecule has 0 spiro atoms. The van der Waals surface area contributed by atoms with Gasteiger partial charge >= 0.3 is 0 Å². The summed E-state index contributed by atoms with van der Waals surface area (Å²) >= 11 is 0. The molecule has 0 aliphatic carbocycles. The minimum Gasteiger partial charge on any atom is -0.507 e. The molecule has 2 heterocycles. The number of benzene rings is 2. The second-order valence-electron chi connectivity index (χ2n) is 7.31. The Bertz CT molecular complexity index is 849. The second kappa shape index (κ2) is 7.77. The van der Waals surface area contributed by atoms with E-state index >= 15 is 0 Å². The van der Waals surface area contributed by atoms with Crippen molar-refractivity contribution in [3.05, 3.63) is 66.4 Å². The van der Waals surface area contributed by atoms with Crippen molar-refractivity contribution in [2.75, 3.05) is 18.0 Å². The predicted molar refractivity (Wildman–Crippen MR) is 108 cm³/mol. The molecule has 3 aromatic rings. The molecule has 1 fully saturated rings. The van der Waals surface area contributed by atoms with Gasteiger partial charge in [-0.2, -0.15) is 0 Å². The van der Waals surface area contributed by atoms with E-state index in [4.69, 9.17) is 0 Å². The molecule has 0 amide bonds. The minimum atomic E-state index is 0.329. The number of piperidine rings is 1.